The summed E-state index contributed by atoms with van der Waals surface area (Å²) in [6.45, 7) is 7.92. The molecule has 2 aliphatic rings. The number of aliphatic hydroxyl groups excluding tert-OH is 1. The van der Waals surface area contributed by atoms with Crippen LogP contribution in [-0.4, -0.2) is 71.5 Å². The Kier molecular flexibility index (Phi) is 6.47. The summed E-state index contributed by atoms with van der Waals surface area (Å²) in [7, 11) is 0. The van der Waals surface area contributed by atoms with E-state index in [1.807, 2.05) is 33.9 Å². The highest BCUT2D eigenvalue weighted by atomic mass is 16.3. The Morgan fingerprint density at radius 2 is 2.03 bits per heavy atom. The molecule has 2 amide bonds. The average molecular weight is 456 g/mol. The van der Waals surface area contributed by atoms with Crippen LogP contribution in [-0.2, 0) is 16.0 Å². The van der Waals surface area contributed by atoms with Gasteiger partial charge in [-0.05, 0) is 25.2 Å². The largest absolute Gasteiger partial charge is 0.391 e. The second kappa shape index (κ2) is 9.17. The van der Waals surface area contributed by atoms with E-state index in [2.05, 4.69) is 25.6 Å². The fourth-order valence-electron chi connectivity index (χ4n) is 4.47. The Hall–Kier alpha value is -2.88. The van der Waals surface area contributed by atoms with Crippen molar-refractivity contribution < 1.29 is 14.7 Å². The minimum Gasteiger partial charge on any atom is -0.391 e. The van der Waals surface area contributed by atoms with Crippen molar-refractivity contribution in [3.8, 4) is 0 Å². The highest BCUT2D eigenvalue weighted by Crippen LogP contribution is 2.40. The maximum absolute atomic E-state index is 13.8. The average Bonchev–Trinajstić information content (AvgIpc) is 3.35. The Bertz CT molecular complexity index is 983. The number of nitrogens with one attached hydrogen (secondary N) is 1. The lowest BCUT2D eigenvalue weighted by molar-refractivity contribution is -0.144. The molecule has 2 aromatic rings. The number of aliphatic hydroxyl groups is 1. The number of rotatable bonds is 7. The van der Waals surface area contributed by atoms with Gasteiger partial charge >= 0.3 is 0 Å². The van der Waals surface area contributed by atoms with E-state index < -0.39 is 23.6 Å². The first kappa shape index (κ1) is 23.3. The summed E-state index contributed by atoms with van der Waals surface area (Å²) in [5.74, 6) is -0.0772. The lowest BCUT2D eigenvalue weighted by Crippen LogP contribution is -2.51. The number of hydrogen-bond donors (Lipinski definition) is 2. The number of β-amino-alcohol motifs (C(OH)–C–C–N with tert-alkyl or cyclic N) is 1. The lowest BCUT2D eigenvalue weighted by Gasteiger charge is -2.34. The molecular weight excluding hydrogens is 422 g/mol. The van der Waals surface area contributed by atoms with Gasteiger partial charge in [-0.15, -0.1) is 5.10 Å². The molecule has 4 rings (SSSR count). The first-order chi connectivity index (χ1) is 15.6. The van der Waals surface area contributed by atoms with Crippen LogP contribution in [0.25, 0.3) is 0 Å². The minimum atomic E-state index is -0.751. The van der Waals surface area contributed by atoms with Crippen LogP contribution in [0.4, 0.5) is 0 Å². The molecule has 3 heterocycles. The van der Waals surface area contributed by atoms with Crippen LogP contribution in [0.3, 0.4) is 0 Å². The van der Waals surface area contributed by atoms with Crippen LogP contribution >= 0.6 is 0 Å². The number of amides is 2. The van der Waals surface area contributed by atoms with Crippen molar-refractivity contribution in [1.82, 2.24) is 35.2 Å². The van der Waals surface area contributed by atoms with Gasteiger partial charge in [0.15, 0.2) is 0 Å². The third kappa shape index (κ3) is 5.38. The van der Waals surface area contributed by atoms with Crippen molar-refractivity contribution in [3.63, 3.8) is 0 Å². The van der Waals surface area contributed by atoms with E-state index in [-0.39, 0.29) is 30.8 Å². The molecule has 1 saturated heterocycles. The molecule has 33 heavy (non-hydrogen) atoms. The standard InChI is InChI=1S/C23H33N7O3/c1-14(9-16-11-24-7-8-25-16)26-21(32)19-10-17(31)12-29(19)22(33)20(23(2,3)4)30-13-18(27-28-30)15-5-6-15/h7-8,11,13-15,17,19-20,31H,5-6,9-10,12H2,1-4H3,(H,26,32)/t14?,17?,19?,20-/m1/s1. The van der Waals surface area contributed by atoms with Crippen molar-refractivity contribution in [2.45, 2.75) is 83.5 Å². The van der Waals surface area contributed by atoms with Crippen LogP contribution in [0.15, 0.2) is 24.8 Å². The van der Waals surface area contributed by atoms with Crippen molar-refractivity contribution in [1.29, 1.82) is 0 Å². The third-order valence-corrected chi connectivity index (χ3v) is 6.23. The second-order valence-electron chi connectivity index (χ2n) is 10.4. The molecule has 1 aliphatic heterocycles. The van der Waals surface area contributed by atoms with E-state index in [1.54, 1.807) is 23.3 Å². The topological polar surface area (TPSA) is 126 Å². The minimum absolute atomic E-state index is 0.117. The summed E-state index contributed by atoms with van der Waals surface area (Å²) in [4.78, 5) is 36.7. The van der Waals surface area contributed by atoms with Crippen LogP contribution in [0.1, 0.15) is 70.3 Å². The van der Waals surface area contributed by atoms with Gasteiger partial charge < -0.3 is 15.3 Å². The fourth-order valence-corrected chi connectivity index (χ4v) is 4.47. The lowest BCUT2D eigenvalue weighted by atomic mass is 9.85. The van der Waals surface area contributed by atoms with E-state index in [4.69, 9.17) is 0 Å². The highest BCUT2D eigenvalue weighted by Gasteiger charge is 2.45. The summed E-state index contributed by atoms with van der Waals surface area (Å²) < 4.78 is 1.63. The van der Waals surface area contributed by atoms with E-state index in [0.29, 0.717) is 12.3 Å². The van der Waals surface area contributed by atoms with Gasteiger partial charge in [-0.25, -0.2) is 4.68 Å². The molecule has 0 bridgehead atoms. The summed E-state index contributed by atoms with van der Waals surface area (Å²) in [5, 5.41) is 21.9. The molecular formula is C23H33N7O3. The van der Waals surface area contributed by atoms with Gasteiger partial charge in [0.05, 0.1) is 17.5 Å². The molecule has 2 N–H and O–H groups in total. The van der Waals surface area contributed by atoms with E-state index >= 15 is 0 Å². The summed E-state index contributed by atoms with van der Waals surface area (Å²) in [5.41, 5.74) is 1.22. The molecule has 1 aliphatic carbocycles. The molecule has 2 aromatic heterocycles. The first-order valence-electron chi connectivity index (χ1n) is 11.6. The molecule has 4 atom stereocenters. The number of nitrogens with zero attached hydrogens (tertiary/aromatic N) is 6. The first-order valence-corrected chi connectivity index (χ1v) is 11.6. The number of aromatic nitrogens is 5. The molecule has 0 spiro atoms. The van der Waals surface area contributed by atoms with Gasteiger partial charge in [0.2, 0.25) is 11.8 Å². The zero-order chi connectivity index (χ0) is 23.8. The van der Waals surface area contributed by atoms with Crippen LogP contribution in [0.2, 0.25) is 0 Å². The van der Waals surface area contributed by atoms with Gasteiger partial charge in [0.25, 0.3) is 0 Å². The van der Waals surface area contributed by atoms with Gasteiger partial charge in [-0.2, -0.15) is 0 Å². The number of hydrogen-bond acceptors (Lipinski definition) is 7. The molecule has 10 heteroatoms. The Balaban J connectivity index is 1.49. The Morgan fingerprint density at radius 1 is 1.27 bits per heavy atom. The molecule has 178 valence electrons. The van der Waals surface area contributed by atoms with Gasteiger partial charge in [-0.1, -0.05) is 26.0 Å². The third-order valence-electron chi connectivity index (χ3n) is 6.23. The molecule has 1 saturated carbocycles. The van der Waals surface area contributed by atoms with Gasteiger partial charge in [-0.3, -0.25) is 19.6 Å². The van der Waals surface area contributed by atoms with Crippen LogP contribution < -0.4 is 5.32 Å². The fraction of sp³-hybridized carbons (Fsp3) is 0.652. The monoisotopic (exact) mass is 455 g/mol. The van der Waals surface area contributed by atoms with Crippen molar-refractivity contribution in [2.24, 2.45) is 5.41 Å². The molecule has 10 nitrogen and oxygen atoms in total. The summed E-state index contributed by atoms with van der Waals surface area (Å²) in [6.07, 6.45) is 8.91. The van der Waals surface area contributed by atoms with Crippen molar-refractivity contribution in [2.75, 3.05) is 6.54 Å². The van der Waals surface area contributed by atoms with E-state index in [0.717, 1.165) is 24.2 Å². The quantitative estimate of drug-likeness (QED) is 0.643. The zero-order valence-corrected chi connectivity index (χ0v) is 19.7. The van der Waals surface area contributed by atoms with E-state index in [1.165, 1.54) is 4.90 Å². The predicted octanol–water partition coefficient (Wildman–Crippen LogP) is 1.24. The Morgan fingerprint density at radius 3 is 2.67 bits per heavy atom. The number of carbonyl (C=O) groups excluding carboxylic acids is 2. The Labute approximate surface area is 193 Å². The van der Waals surface area contributed by atoms with Crippen molar-refractivity contribution in [3.05, 3.63) is 36.2 Å². The van der Waals surface area contributed by atoms with Gasteiger partial charge in [0, 0.05) is 56.1 Å². The normalized spacial score (nSPS) is 22.8. The smallest absolute Gasteiger partial charge is 0.248 e. The molecule has 3 unspecified atom stereocenters. The van der Waals surface area contributed by atoms with E-state index in [9.17, 15) is 14.7 Å². The summed E-state index contributed by atoms with van der Waals surface area (Å²) >= 11 is 0. The molecule has 0 radical (unpaired) electrons. The molecule has 2 fully saturated rings. The van der Waals surface area contributed by atoms with Gasteiger partial charge in [0.1, 0.15) is 12.1 Å². The second-order valence-corrected chi connectivity index (χ2v) is 10.4. The number of carbonyl (C=O) groups is 2. The van der Waals surface area contributed by atoms with Crippen molar-refractivity contribution >= 4 is 11.8 Å². The summed E-state index contributed by atoms with van der Waals surface area (Å²) in [6, 6.07) is -1.57. The van der Waals surface area contributed by atoms with Crippen LogP contribution in [0, 0.1) is 5.41 Å². The maximum Gasteiger partial charge on any atom is 0.248 e. The number of likely N-dealkylation sites (tertiary alicyclic amines) is 1. The predicted molar refractivity (Wildman–Crippen MR) is 120 cm³/mol. The highest BCUT2D eigenvalue weighted by molar-refractivity contribution is 5.90. The molecule has 0 aromatic carbocycles. The van der Waals surface area contributed by atoms with Crippen LogP contribution in [0.5, 0.6) is 0 Å². The zero-order valence-electron chi connectivity index (χ0n) is 19.7. The SMILES string of the molecule is CC(Cc1cnccn1)NC(=O)C1CC(O)CN1C(=O)[C@@H](n1cc(C2CC2)nn1)C(C)(C)C. The maximum atomic E-state index is 13.8.